The van der Waals surface area contributed by atoms with E-state index in [1.807, 2.05) is 0 Å². The van der Waals surface area contributed by atoms with Crippen LogP contribution in [0.3, 0.4) is 0 Å². The zero-order valence-electron chi connectivity index (χ0n) is 13.1. The normalized spacial score (nSPS) is 33.0. The molecule has 0 spiro atoms. The summed E-state index contributed by atoms with van der Waals surface area (Å²) in [6.45, 7) is 6.72. The van der Waals surface area contributed by atoms with E-state index in [4.69, 9.17) is 5.73 Å². The van der Waals surface area contributed by atoms with Gasteiger partial charge in [0.2, 0.25) is 5.91 Å². The van der Waals surface area contributed by atoms with Crippen LogP contribution < -0.4 is 11.1 Å². The van der Waals surface area contributed by atoms with Crippen molar-refractivity contribution in [2.45, 2.75) is 64.5 Å². The highest BCUT2D eigenvalue weighted by Gasteiger charge is 2.32. The van der Waals surface area contributed by atoms with E-state index in [0.29, 0.717) is 37.0 Å². The molecule has 1 saturated carbocycles. The molecule has 3 atom stereocenters. The van der Waals surface area contributed by atoms with Gasteiger partial charge in [-0.3, -0.25) is 9.69 Å². The van der Waals surface area contributed by atoms with Crippen LogP contribution in [0.1, 0.15) is 52.4 Å². The van der Waals surface area contributed by atoms with Crippen LogP contribution in [0, 0.1) is 11.8 Å². The number of nitrogens with one attached hydrogen (secondary N) is 1. The third-order valence-electron chi connectivity index (χ3n) is 5.00. The van der Waals surface area contributed by atoms with E-state index < -0.39 is 0 Å². The Hall–Kier alpha value is -0.610. The standard InChI is InChI=1S/C16H31N3O/c1-12-8-13(2)15(9-17)19(10-12)11-16(20)18-14-6-4-3-5-7-14/h12-15H,3-11,17H2,1-2H3,(H,18,20). The molecule has 1 saturated heterocycles. The summed E-state index contributed by atoms with van der Waals surface area (Å²) in [5.74, 6) is 1.44. The molecule has 2 fully saturated rings. The summed E-state index contributed by atoms with van der Waals surface area (Å²) in [5, 5.41) is 3.22. The average molecular weight is 281 g/mol. The molecule has 4 nitrogen and oxygen atoms in total. The van der Waals surface area contributed by atoms with Gasteiger partial charge in [0.15, 0.2) is 0 Å². The van der Waals surface area contributed by atoms with Crippen LogP contribution in [-0.4, -0.2) is 42.5 Å². The SMILES string of the molecule is CC1CC(C)C(CN)N(CC(=O)NC2CCCCC2)C1. The van der Waals surface area contributed by atoms with Crippen molar-refractivity contribution in [3.05, 3.63) is 0 Å². The second-order valence-electron chi connectivity index (χ2n) is 6.95. The Balaban J connectivity index is 1.84. The minimum absolute atomic E-state index is 0.191. The van der Waals surface area contributed by atoms with E-state index in [-0.39, 0.29) is 5.91 Å². The third-order valence-corrected chi connectivity index (χ3v) is 5.00. The summed E-state index contributed by atoms with van der Waals surface area (Å²) in [4.78, 5) is 14.6. The average Bonchev–Trinajstić information content (AvgIpc) is 2.39. The Bertz CT molecular complexity index is 315. The van der Waals surface area contributed by atoms with E-state index in [9.17, 15) is 4.79 Å². The van der Waals surface area contributed by atoms with E-state index in [0.717, 1.165) is 19.4 Å². The van der Waals surface area contributed by atoms with Crippen molar-refractivity contribution in [3.8, 4) is 0 Å². The van der Waals surface area contributed by atoms with Gasteiger partial charge in [0.1, 0.15) is 0 Å². The molecular weight excluding hydrogens is 250 g/mol. The molecule has 1 amide bonds. The van der Waals surface area contributed by atoms with Crippen LogP contribution in [0.15, 0.2) is 0 Å². The van der Waals surface area contributed by atoms with Crippen LogP contribution in [-0.2, 0) is 4.79 Å². The summed E-state index contributed by atoms with van der Waals surface area (Å²) < 4.78 is 0. The van der Waals surface area contributed by atoms with Crippen LogP contribution in [0.5, 0.6) is 0 Å². The number of hydrogen-bond donors (Lipinski definition) is 2. The minimum atomic E-state index is 0.191. The van der Waals surface area contributed by atoms with Gasteiger partial charge in [0, 0.05) is 25.2 Å². The molecule has 2 aliphatic rings. The lowest BCUT2D eigenvalue weighted by Gasteiger charge is -2.42. The lowest BCUT2D eigenvalue weighted by Crippen LogP contribution is -2.54. The fourth-order valence-electron chi connectivity index (χ4n) is 4.03. The number of carbonyl (C=O) groups is 1. The summed E-state index contributed by atoms with van der Waals surface area (Å²) in [5.41, 5.74) is 5.92. The van der Waals surface area contributed by atoms with Crippen molar-refractivity contribution in [3.63, 3.8) is 0 Å². The van der Waals surface area contributed by atoms with E-state index in [1.165, 1.54) is 25.7 Å². The molecular formula is C16H31N3O. The van der Waals surface area contributed by atoms with Gasteiger partial charge in [0.05, 0.1) is 6.54 Å². The zero-order chi connectivity index (χ0) is 14.5. The van der Waals surface area contributed by atoms with Gasteiger partial charge >= 0.3 is 0 Å². The fraction of sp³-hybridized carbons (Fsp3) is 0.938. The zero-order valence-corrected chi connectivity index (χ0v) is 13.1. The minimum Gasteiger partial charge on any atom is -0.352 e. The number of amides is 1. The highest BCUT2D eigenvalue weighted by molar-refractivity contribution is 5.78. The summed E-state index contributed by atoms with van der Waals surface area (Å²) in [6.07, 6.45) is 7.37. The maximum Gasteiger partial charge on any atom is 0.234 e. The number of carbonyl (C=O) groups excluding carboxylic acids is 1. The van der Waals surface area contributed by atoms with Gasteiger partial charge in [-0.1, -0.05) is 33.1 Å². The number of rotatable bonds is 4. The fourth-order valence-corrected chi connectivity index (χ4v) is 4.03. The van der Waals surface area contributed by atoms with Crippen molar-refractivity contribution in [2.24, 2.45) is 17.6 Å². The molecule has 1 aliphatic carbocycles. The van der Waals surface area contributed by atoms with Gasteiger partial charge in [-0.2, -0.15) is 0 Å². The quantitative estimate of drug-likeness (QED) is 0.825. The van der Waals surface area contributed by atoms with Crippen LogP contribution in [0.2, 0.25) is 0 Å². The monoisotopic (exact) mass is 281 g/mol. The molecule has 0 aromatic carbocycles. The molecule has 116 valence electrons. The number of nitrogens with two attached hydrogens (primary N) is 1. The molecule has 0 radical (unpaired) electrons. The van der Waals surface area contributed by atoms with E-state index in [1.54, 1.807) is 0 Å². The summed E-state index contributed by atoms with van der Waals surface area (Å²) >= 11 is 0. The second kappa shape index (κ2) is 7.41. The van der Waals surface area contributed by atoms with Crippen LogP contribution in [0.25, 0.3) is 0 Å². The number of nitrogens with zero attached hydrogens (tertiary/aromatic N) is 1. The predicted molar refractivity (Wildman–Crippen MR) is 82.4 cm³/mol. The third kappa shape index (κ3) is 4.19. The first-order valence-electron chi connectivity index (χ1n) is 8.33. The molecule has 3 N–H and O–H groups in total. The number of likely N-dealkylation sites (tertiary alicyclic amines) is 1. The second-order valence-corrected chi connectivity index (χ2v) is 6.95. The Kier molecular flexibility index (Phi) is 5.85. The van der Waals surface area contributed by atoms with Gasteiger partial charge in [-0.15, -0.1) is 0 Å². The molecule has 3 unspecified atom stereocenters. The Labute approximate surface area is 123 Å². The van der Waals surface area contributed by atoms with Crippen molar-refractivity contribution in [1.29, 1.82) is 0 Å². The van der Waals surface area contributed by atoms with Gasteiger partial charge in [-0.25, -0.2) is 0 Å². The predicted octanol–water partition coefficient (Wildman–Crippen LogP) is 1.74. The Morgan fingerprint density at radius 1 is 1.25 bits per heavy atom. The topological polar surface area (TPSA) is 58.4 Å². The molecule has 1 heterocycles. The van der Waals surface area contributed by atoms with E-state index in [2.05, 4.69) is 24.1 Å². The van der Waals surface area contributed by atoms with Gasteiger partial charge in [-0.05, 0) is 31.1 Å². The van der Waals surface area contributed by atoms with Crippen LogP contribution >= 0.6 is 0 Å². The first-order valence-corrected chi connectivity index (χ1v) is 8.33. The molecule has 0 aromatic heterocycles. The van der Waals surface area contributed by atoms with Crippen molar-refractivity contribution < 1.29 is 4.79 Å². The maximum absolute atomic E-state index is 12.3. The summed E-state index contributed by atoms with van der Waals surface area (Å²) in [7, 11) is 0. The largest absolute Gasteiger partial charge is 0.352 e. The Morgan fingerprint density at radius 3 is 2.60 bits per heavy atom. The van der Waals surface area contributed by atoms with Crippen molar-refractivity contribution in [1.82, 2.24) is 10.2 Å². The van der Waals surface area contributed by atoms with Gasteiger partial charge < -0.3 is 11.1 Å². The van der Waals surface area contributed by atoms with Crippen molar-refractivity contribution >= 4 is 5.91 Å². The highest BCUT2D eigenvalue weighted by atomic mass is 16.2. The van der Waals surface area contributed by atoms with Crippen molar-refractivity contribution in [2.75, 3.05) is 19.6 Å². The first-order chi connectivity index (χ1) is 9.60. The number of hydrogen-bond acceptors (Lipinski definition) is 3. The first kappa shape index (κ1) is 15.8. The number of piperidine rings is 1. The Morgan fingerprint density at radius 2 is 1.95 bits per heavy atom. The maximum atomic E-state index is 12.3. The van der Waals surface area contributed by atoms with E-state index >= 15 is 0 Å². The molecule has 4 heteroatoms. The lowest BCUT2D eigenvalue weighted by molar-refractivity contribution is -0.124. The molecule has 0 aromatic rings. The highest BCUT2D eigenvalue weighted by Crippen LogP contribution is 2.26. The molecule has 1 aliphatic heterocycles. The smallest absolute Gasteiger partial charge is 0.234 e. The summed E-state index contributed by atoms with van der Waals surface area (Å²) in [6, 6.07) is 0.774. The molecule has 2 rings (SSSR count). The van der Waals surface area contributed by atoms with Gasteiger partial charge in [0.25, 0.3) is 0 Å². The molecule has 20 heavy (non-hydrogen) atoms. The lowest BCUT2D eigenvalue weighted by atomic mass is 9.85. The van der Waals surface area contributed by atoms with Crippen LogP contribution in [0.4, 0.5) is 0 Å². The molecule has 0 bridgehead atoms.